The highest BCUT2D eigenvalue weighted by atomic mass is 14.8. The van der Waals surface area contributed by atoms with Gasteiger partial charge in [0.25, 0.3) is 0 Å². The fourth-order valence-electron chi connectivity index (χ4n) is 2.27. The van der Waals surface area contributed by atoms with Crippen molar-refractivity contribution in [3.8, 4) is 0 Å². The summed E-state index contributed by atoms with van der Waals surface area (Å²) < 4.78 is 0. The van der Waals surface area contributed by atoms with Gasteiger partial charge in [-0.15, -0.1) is 0 Å². The fraction of sp³-hybridized carbons (Fsp3) is 1.00. The molecule has 0 bridgehead atoms. The maximum Gasteiger partial charge on any atom is -0.0237 e. The lowest BCUT2D eigenvalue weighted by atomic mass is 9.94. The first-order valence-electron chi connectivity index (χ1n) is 4.29. The van der Waals surface area contributed by atoms with E-state index in [0.717, 1.165) is 11.3 Å². The smallest absolute Gasteiger partial charge is 0.0237 e. The molecule has 52 valence electrons. The molecule has 0 N–H and O–H groups in total. The summed E-state index contributed by atoms with van der Waals surface area (Å²) in [6, 6.07) is 0. The van der Waals surface area contributed by atoms with Crippen LogP contribution in [0.4, 0.5) is 0 Å². The maximum atomic E-state index is 2.44. The normalized spacial score (nSPS) is 48.0. The molecular formula is C9H16. The van der Waals surface area contributed by atoms with Crippen LogP contribution in [0.15, 0.2) is 0 Å². The second-order valence-corrected chi connectivity index (χ2v) is 4.03. The van der Waals surface area contributed by atoms with E-state index < -0.39 is 0 Å². The summed E-state index contributed by atoms with van der Waals surface area (Å²) in [6.45, 7) is 4.74. The zero-order valence-corrected chi connectivity index (χ0v) is 6.48. The highest BCUT2D eigenvalue weighted by molar-refractivity contribution is 5.20. The molecular weight excluding hydrogens is 108 g/mol. The first-order valence-corrected chi connectivity index (χ1v) is 4.29. The Morgan fingerprint density at radius 1 is 1.56 bits per heavy atom. The summed E-state index contributed by atoms with van der Waals surface area (Å²) in [5.74, 6) is 2.24. The quantitative estimate of drug-likeness (QED) is 0.542. The van der Waals surface area contributed by atoms with Gasteiger partial charge in [-0.05, 0) is 30.1 Å². The van der Waals surface area contributed by atoms with Gasteiger partial charge in [0, 0.05) is 0 Å². The topological polar surface area (TPSA) is 0 Å². The first-order chi connectivity index (χ1) is 4.29. The Morgan fingerprint density at radius 2 is 2.11 bits per heavy atom. The monoisotopic (exact) mass is 124 g/mol. The van der Waals surface area contributed by atoms with Gasteiger partial charge < -0.3 is 0 Å². The highest BCUT2D eigenvalue weighted by Gasteiger charge is 2.71. The molecule has 2 fully saturated rings. The lowest BCUT2D eigenvalue weighted by molar-refractivity contribution is 0.388. The zero-order valence-electron chi connectivity index (χ0n) is 6.48. The summed E-state index contributed by atoms with van der Waals surface area (Å²) in [7, 11) is 0. The van der Waals surface area contributed by atoms with Crippen LogP contribution >= 0.6 is 0 Å². The Balaban J connectivity index is 1.84. The molecule has 2 aliphatic rings. The first kappa shape index (κ1) is 5.76. The van der Waals surface area contributed by atoms with Gasteiger partial charge in [0.2, 0.25) is 0 Å². The fourth-order valence-corrected chi connectivity index (χ4v) is 2.27. The van der Waals surface area contributed by atoms with Crippen molar-refractivity contribution in [2.75, 3.05) is 0 Å². The Kier molecular flexibility index (Phi) is 0.980. The van der Waals surface area contributed by atoms with Crippen LogP contribution in [0.2, 0.25) is 0 Å². The number of hydrogen-bond acceptors (Lipinski definition) is 0. The zero-order chi connectivity index (χ0) is 6.48. The molecule has 1 atom stereocenters. The van der Waals surface area contributed by atoms with Crippen LogP contribution in [-0.4, -0.2) is 0 Å². The molecule has 0 saturated heterocycles. The van der Waals surface area contributed by atoms with E-state index in [2.05, 4.69) is 13.8 Å². The van der Waals surface area contributed by atoms with Crippen molar-refractivity contribution in [2.24, 2.45) is 17.3 Å². The summed E-state index contributed by atoms with van der Waals surface area (Å²) >= 11 is 0. The molecule has 0 nitrogen and oxygen atoms in total. The van der Waals surface area contributed by atoms with E-state index in [1.807, 2.05) is 0 Å². The molecule has 0 radical (unpaired) electrons. The molecule has 9 heavy (non-hydrogen) atoms. The molecule has 2 aliphatic carbocycles. The van der Waals surface area contributed by atoms with E-state index in [0.29, 0.717) is 0 Å². The highest BCUT2D eigenvalue weighted by Crippen LogP contribution is 2.79. The average Bonchev–Trinajstić information content (AvgIpc) is 2.46. The molecule has 0 spiro atoms. The van der Waals surface area contributed by atoms with E-state index in [-0.39, 0.29) is 0 Å². The van der Waals surface area contributed by atoms with Crippen LogP contribution < -0.4 is 0 Å². The molecule has 0 amide bonds. The Hall–Kier alpha value is 0. The van der Waals surface area contributed by atoms with E-state index >= 15 is 0 Å². The molecule has 2 saturated carbocycles. The van der Waals surface area contributed by atoms with Gasteiger partial charge in [-0.25, -0.2) is 0 Å². The largest absolute Gasteiger partial charge is 0.0654 e. The molecule has 0 heteroatoms. The van der Waals surface area contributed by atoms with E-state index in [1.165, 1.54) is 18.8 Å². The third kappa shape index (κ3) is 0.653. The van der Waals surface area contributed by atoms with Crippen molar-refractivity contribution >= 4 is 0 Å². The predicted molar refractivity (Wildman–Crippen MR) is 39.2 cm³/mol. The predicted octanol–water partition coefficient (Wildman–Crippen LogP) is 2.83. The van der Waals surface area contributed by atoms with Gasteiger partial charge in [0.15, 0.2) is 0 Å². The van der Waals surface area contributed by atoms with Gasteiger partial charge in [-0.1, -0.05) is 26.7 Å². The minimum atomic E-state index is 0.927. The van der Waals surface area contributed by atoms with Crippen LogP contribution in [0, 0.1) is 17.3 Å². The molecule has 2 rings (SSSR count). The van der Waals surface area contributed by atoms with Gasteiger partial charge in [0.1, 0.15) is 0 Å². The van der Waals surface area contributed by atoms with Gasteiger partial charge in [-0.2, -0.15) is 0 Å². The van der Waals surface area contributed by atoms with Gasteiger partial charge in [0.05, 0.1) is 0 Å². The molecule has 0 aromatic carbocycles. The van der Waals surface area contributed by atoms with Crippen molar-refractivity contribution in [3.05, 3.63) is 0 Å². The van der Waals surface area contributed by atoms with Crippen LogP contribution in [0.5, 0.6) is 0 Å². The second-order valence-electron chi connectivity index (χ2n) is 4.03. The van der Waals surface area contributed by atoms with Crippen molar-refractivity contribution < 1.29 is 0 Å². The third-order valence-electron chi connectivity index (χ3n) is 3.45. The minimum Gasteiger partial charge on any atom is -0.0654 e. The maximum absolute atomic E-state index is 2.44. The van der Waals surface area contributed by atoms with Crippen LogP contribution in [-0.2, 0) is 0 Å². The lowest BCUT2D eigenvalue weighted by Gasteiger charge is -2.11. The SMILES string of the molecule is CCCC(C)C12CC1C2. The standard InChI is InChI=1S/C9H16/c1-3-4-7(2)9-5-8(9)6-9/h7-8H,3-6H2,1-2H3. The van der Waals surface area contributed by atoms with Crippen molar-refractivity contribution in [2.45, 2.75) is 39.5 Å². The molecule has 0 aromatic heterocycles. The van der Waals surface area contributed by atoms with Crippen molar-refractivity contribution in [3.63, 3.8) is 0 Å². The summed E-state index contributed by atoms with van der Waals surface area (Å²) in [4.78, 5) is 0. The average molecular weight is 124 g/mol. The lowest BCUT2D eigenvalue weighted by Crippen LogP contribution is -2.02. The molecule has 0 aliphatic heterocycles. The van der Waals surface area contributed by atoms with E-state index in [4.69, 9.17) is 0 Å². The van der Waals surface area contributed by atoms with Crippen LogP contribution in [0.1, 0.15) is 39.5 Å². The Morgan fingerprint density at radius 3 is 2.44 bits per heavy atom. The van der Waals surface area contributed by atoms with E-state index in [9.17, 15) is 0 Å². The van der Waals surface area contributed by atoms with Gasteiger partial charge in [-0.3, -0.25) is 0 Å². The summed E-state index contributed by atoms with van der Waals surface area (Å²) in [5.41, 5.74) is 0.927. The number of rotatable bonds is 3. The van der Waals surface area contributed by atoms with Crippen molar-refractivity contribution in [1.29, 1.82) is 0 Å². The second kappa shape index (κ2) is 1.53. The number of hydrogen-bond donors (Lipinski definition) is 0. The summed E-state index contributed by atoms with van der Waals surface area (Å²) in [5, 5.41) is 0. The molecule has 0 aromatic rings. The van der Waals surface area contributed by atoms with Crippen molar-refractivity contribution in [1.82, 2.24) is 0 Å². The summed E-state index contributed by atoms with van der Waals surface area (Å²) in [6.07, 6.45) is 6.01. The van der Waals surface area contributed by atoms with Gasteiger partial charge >= 0.3 is 0 Å². The minimum absolute atomic E-state index is 0.927. The Bertz CT molecular complexity index is 120. The molecule has 1 unspecified atom stereocenters. The van der Waals surface area contributed by atoms with Crippen LogP contribution in [0.3, 0.4) is 0 Å². The number of fused-ring (bicyclic) bond motifs is 1. The van der Waals surface area contributed by atoms with Crippen LogP contribution in [0.25, 0.3) is 0 Å². The van der Waals surface area contributed by atoms with E-state index in [1.54, 1.807) is 12.8 Å². The third-order valence-corrected chi connectivity index (χ3v) is 3.45. The molecule has 0 heterocycles. The Labute approximate surface area is 57.6 Å².